The number of ether oxygens (including phenoxy) is 1. The van der Waals surface area contributed by atoms with Crippen LogP contribution < -0.4 is 5.32 Å². The normalized spacial score (nSPS) is 20.4. The van der Waals surface area contributed by atoms with Crippen molar-refractivity contribution < 1.29 is 4.74 Å². The Morgan fingerprint density at radius 1 is 1.44 bits per heavy atom. The molecule has 1 fully saturated rings. The topological polar surface area (TPSA) is 34.1 Å². The van der Waals surface area contributed by atoms with E-state index in [1.165, 1.54) is 29.8 Å². The van der Waals surface area contributed by atoms with Crippen molar-refractivity contribution in [1.29, 1.82) is 0 Å². The first-order valence-electron chi connectivity index (χ1n) is 5.63. The number of benzene rings is 1. The van der Waals surface area contributed by atoms with Crippen LogP contribution in [-0.2, 0) is 4.74 Å². The van der Waals surface area contributed by atoms with Crippen molar-refractivity contribution in [2.75, 3.05) is 18.5 Å². The van der Waals surface area contributed by atoms with Gasteiger partial charge in [-0.1, -0.05) is 12.1 Å². The second-order valence-corrected chi connectivity index (χ2v) is 4.82. The van der Waals surface area contributed by atoms with Gasteiger partial charge in [0.25, 0.3) is 0 Å². The van der Waals surface area contributed by atoms with E-state index >= 15 is 0 Å². The van der Waals surface area contributed by atoms with Crippen LogP contribution in [-0.4, -0.2) is 23.6 Å². The lowest BCUT2D eigenvalue weighted by molar-refractivity contribution is 0.120. The molecule has 3 nitrogen and oxygen atoms in total. The minimum Gasteiger partial charge on any atom is -0.376 e. The third kappa shape index (κ3) is 1.90. The van der Waals surface area contributed by atoms with E-state index in [0.29, 0.717) is 6.10 Å². The van der Waals surface area contributed by atoms with Crippen LogP contribution >= 0.6 is 11.5 Å². The number of hydrogen-bond donors (Lipinski definition) is 1. The molecule has 1 aliphatic rings. The van der Waals surface area contributed by atoms with Crippen LogP contribution in [0.15, 0.2) is 24.3 Å². The summed E-state index contributed by atoms with van der Waals surface area (Å²) in [5.74, 6) is 0. The highest BCUT2D eigenvalue weighted by atomic mass is 32.1. The van der Waals surface area contributed by atoms with Crippen molar-refractivity contribution in [2.24, 2.45) is 0 Å². The van der Waals surface area contributed by atoms with E-state index in [4.69, 9.17) is 4.74 Å². The molecule has 84 valence electrons. The van der Waals surface area contributed by atoms with Crippen molar-refractivity contribution in [2.45, 2.75) is 18.9 Å². The van der Waals surface area contributed by atoms with Crippen LogP contribution in [0.5, 0.6) is 0 Å². The summed E-state index contributed by atoms with van der Waals surface area (Å²) in [5, 5.41) is 5.81. The maximum Gasteiger partial charge on any atom is 0.117 e. The highest BCUT2D eigenvalue weighted by molar-refractivity contribution is 7.11. The fourth-order valence-electron chi connectivity index (χ4n) is 2.03. The molecule has 1 unspecified atom stereocenters. The van der Waals surface area contributed by atoms with Crippen LogP contribution in [0.2, 0.25) is 0 Å². The molecule has 4 heteroatoms. The van der Waals surface area contributed by atoms with E-state index < -0.39 is 0 Å². The molecule has 16 heavy (non-hydrogen) atoms. The zero-order chi connectivity index (χ0) is 10.8. The van der Waals surface area contributed by atoms with Crippen molar-refractivity contribution in [3.63, 3.8) is 0 Å². The van der Waals surface area contributed by atoms with Gasteiger partial charge in [-0.3, -0.25) is 0 Å². The Hall–Kier alpha value is -1.13. The highest BCUT2D eigenvalue weighted by Gasteiger charge is 2.15. The van der Waals surface area contributed by atoms with E-state index in [2.05, 4.69) is 15.8 Å². The van der Waals surface area contributed by atoms with Gasteiger partial charge in [0.1, 0.15) is 5.00 Å². The summed E-state index contributed by atoms with van der Waals surface area (Å²) in [4.78, 5) is 0. The Morgan fingerprint density at radius 2 is 2.38 bits per heavy atom. The predicted molar refractivity (Wildman–Crippen MR) is 67.1 cm³/mol. The molecular weight excluding hydrogens is 220 g/mol. The van der Waals surface area contributed by atoms with Gasteiger partial charge in [-0.15, -0.1) is 0 Å². The minimum atomic E-state index is 0.376. The number of nitrogens with zero attached hydrogens (tertiary/aromatic N) is 1. The van der Waals surface area contributed by atoms with E-state index in [-0.39, 0.29) is 0 Å². The van der Waals surface area contributed by atoms with Crippen LogP contribution in [0.25, 0.3) is 10.9 Å². The summed E-state index contributed by atoms with van der Waals surface area (Å²) >= 11 is 1.53. The average Bonchev–Trinajstić information content (AvgIpc) is 2.96. The van der Waals surface area contributed by atoms with E-state index in [1.807, 2.05) is 18.2 Å². The second-order valence-electron chi connectivity index (χ2n) is 4.04. The molecular formula is C12H14N2OS. The van der Waals surface area contributed by atoms with Crippen molar-refractivity contribution in [3.05, 3.63) is 24.3 Å². The Kier molecular flexibility index (Phi) is 2.76. The molecule has 1 aliphatic heterocycles. The Morgan fingerprint density at radius 3 is 3.25 bits per heavy atom. The Labute approximate surface area is 98.6 Å². The van der Waals surface area contributed by atoms with Gasteiger partial charge in [0.15, 0.2) is 0 Å². The molecule has 3 rings (SSSR count). The van der Waals surface area contributed by atoms with E-state index in [9.17, 15) is 0 Å². The molecule has 1 N–H and O–H groups in total. The SMILES string of the molecule is c1ccc2c(NCC3CCCO3)snc2c1. The lowest BCUT2D eigenvalue weighted by Crippen LogP contribution is -2.17. The summed E-state index contributed by atoms with van der Waals surface area (Å²) in [7, 11) is 0. The molecule has 0 radical (unpaired) electrons. The first kappa shape index (κ1) is 10.1. The quantitative estimate of drug-likeness (QED) is 0.886. The van der Waals surface area contributed by atoms with Gasteiger partial charge in [-0.25, -0.2) is 0 Å². The summed E-state index contributed by atoms with van der Waals surface area (Å²) in [5.41, 5.74) is 1.07. The smallest absolute Gasteiger partial charge is 0.117 e. The number of fused-ring (bicyclic) bond motifs is 1. The molecule has 2 heterocycles. The molecule has 0 bridgehead atoms. The second kappa shape index (κ2) is 4.39. The van der Waals surface area contributed by atoms with Crippen molar-refractivity contribution >= 4 is 27.4 Å². The fourth-order valence-corrected chi connectivity index (χ4v) is 2.80. The molecule has 0 spiro atoms. The summed E-state index contributed by atoms with van der Waals surface area (Å²) < 4.78 is 9.99. The van der Waals surface area contributed by atoms with Crippen LogP contribution in [0.1, 0.15) is 12.8 Å². The minimum absolute atomic E-state index is 0.376. The standard InChI is InChI=1S/C12H14N2OS/c1-2-6-11-10(5-1)12(16-14-11)13-8-9-4-3-7-15-9/h1-2,5-6,9,13H,3-4,7-8H2. The first-order chi connectivity index (χ1) is 7.93. The first-order valence-corrected chi connectivity index (χ1v) is 6.41. The molecule has 1 saturated heterocycles. The van der Waals surface area contributed by atoms with Gasteiger partial charge in [-0.05, 0) is 36.5 Å². The van der Waals surface area contributed by atoms with Crippen LogP contribution in [0, 0.1) is 0 Å². The molecule has 1 aromatic carbocycles. The fraction of sp³-hybridized carbons (Fsp3) is 0.417. The van der Waals surface area contributed by atoms with E-state index in [1.54, 1.807) is 0 Å². The third-order valence-corrected chi connectivity index (χ3v) is 3.73. The van der Waals surface area contributed by atoms with Crippen molar-refractivity contribution in [3.8, 4) is 0 Å². The van der Waals surface area contributed by atoms with Gasteiger partial charge < -0.3 is 10.1 Å². The molecule has 1 atom stereocenters. The van der Waals surface area contributed by atoms with Gasteiger partial charge in [-0.2, -0.15) is 4.37 Å². The monoisotopic (exact) mass is 234 g/mol. The largest absolute Gasteiger partial charge is 0.376 e. The maximum absolute atomic E-state index is 5.59. The lowest BCUT2D eigenvalue weighted by Gasteiger charge is -2.10. The number of anilines is 1. The average molecular weight is 234 g/mol. The summed E-state index contributed by atoms with van der Waals surface area (Å²) in [6.07, 6.45) is 2.74. The molecule has 1 aromatic heterocycles. The van der Waals surface area contributed by atoms with Crippen molar-refractivity contribution in [1.82, 2.24) is 4.37 Å². The summed E-state index contributed by atoms with van der Waals surface area (Å²) in [6, 6.07) is 8.22. The number of rotatable bonds is 3. The molecule has 0 saturated carbocycles. The van der Waals surface area contributed by atoms with Gasteiger partial charge >= 0.3 is 0 Å². The predicted octanol–water partition coefficient (Wildman–Crippen LogP) is 2.89. The molecule has 2 aromatic rings. The maximum atomic E-state index is 5.59. The molecule has 0 aliphatic carbocycles. The van der Waals surface area contributed by atoms with Gasteiger partial charge in [0, 0.05) is 18.5 Å². The van der Waals surface area contributed by atoms with Gasteiger partial charge in [0.2, 0.25) is 0 Å². The van der Waals surface area contributed by atoms with Crippen LogP contribution in [0.4, 0.5) is 5.00 Å². The lowest BCUT2D eigenvalue weighted by atomic mass is 10.2. The van der Waals surface area contributed by atoms with E-state index in [0.717, 1.165) is 23.7 Å². The van der Waals surface area contributed by atoms with Gasteiger partial charge in [0.05, 0.1) is 11.6 Å². The number of hydrogen-bond acceptors (Lipinski definition) is 4. The van der Waals surface area contributed by atoms with Crippen LogP contribution in [0.3, 0.4) is 0 Å². The Balaban J connectivity index is 1.73. The zero-order valence-corrected chi connectivity index (χ0v) is 9.80. The number of nitrogens with one attached hydrogen (secondary N) is 1. The zero-order valence-electron chi connectivity index (χ0n) is 8.98. The molecule has 0 amide bonds. The Bertz CT molecular complexity index is 477. The highest BCUT2D eigenvalue weighted by Crippen LogP contribution is 2.27. The number of aromatic nitrogens is 1. The summed E-state index contributed by atoms with van der Waals surface area (Å²) in [6.45, 7) is 1.81. The third-order valence-electron chi connectivity index (χ3n) is 2.90.